The minimum atomic E-state index is -0.443. The lowest BCUT2D eigenvalue weighted by atomic mass is 10.2. The minimum absolute atomic E-state index is 0.0632. The van der Waals surface area contributed by atoms with Crippen LogP contribution in [0.2, 0.25) is 0 Å². The Kier molecular flexibility index (Phi) is 4.33. The fourth-order valence-corrected chi connectivity index (χ4v) is 2.05. The first-order chi connectivity index (χ1) is 11.2. The standard InChI is InChI=1S/C17H15N3O3/c1-22-14-9-7-13(8-10-14)18-16(21)17-20-19-15(23-17)11-12-5-3-2-4-6-12/h2-10H,11H2,1H3,(H,18,21). The largest absolute Gasteiger partial charge is 0.497 e. The molecule has 1 N–H and O–H groups in total. The summed E-state index contributed by atoms with van der Waals surface area (Å²) in [5, 5.41) is 10.4. The molecule has 0 fully saturated rings. The third kappa shape index (κ3) is 3.74. The van der Waals surface area contributed by atoms with E-state index in [0.29, 0.717) is 23.7 Å². The Morgan fingerprint density at radius 2 is 1.83 bits per heavy atom. The number of hydrogen-bond acceptors (Lipinski definition) is 5. The van der Waals surface area contributed by atoms with Gasteiger partial charge in [0.25, 0.3) is 0 Å². The lowest BCUT2D eigenvalue weighted by Gasteiger charge is -2.03. The highest BCUT2D eigenvalue weighted by molar-refractivity contribution is 6.00. The van der Waals surface area contributed by atoms with Gasteiger partial charge in [-0.25, -0.2) is 0 Å². The molecule has 23 heavy (non-hydrogen) atoms. The van der Waals surface area contributed by atoms with Crippen LogP contribution in [0.3, 0.4) is 0 Å². The van der Waals surface area contributed by atoms with Crippen LogP contribution in [0, 0.1) is 0 Å². The van der Waals surface area contributed by atoms with Crippen molar-refractivity contribution in [2.24, 2.45) is 0 Å². The average Bonchev–Trinajstić information content (AvgIpc) is 3.05. The van der Waals surface area contributed by atoms with Crippen LogP contribution in [-0.4, -0.2) is 23.2 Å². The maximum atomic E-state index is 12.1. The molecule has 0 atom stereocenters. The smallest absolute Gasteiger partial charge is 0.313 e. The molecule has 3 rings (SSSR count). The zero-order chi connectivity index (χ0) is 16.1. The van der Waals surface area contributed by atoms with Gasteiger partial charge in [0.1, 0.15) is 5.75 Å². The number of carbonyl (C=O) groups excluding carboxylic acids is 1. The zero-order valence-electron chi connectivity index (χ0n) is 12.5. The molecule has 0 radical (unpaired) electrons. The summed E-state index contributed by atoms with van der Waals surface area (Å²) in [7, 11) is 1.58. The van der Waals surface area contributed by atoms with Gasteiger partial charge in [-0.1, -0.05) is 30.3 Å². The minimum Gasteiger partial charge on any atom is -0.497 e. The Hall–Kier alpha value is -3.15. The van der Waals surface area contributed by atoms with Crippen molar-refractivity contribution in [1.29, 1.82) is 0 Å². The van der Waals surface area contributed by atoms with E-state index in [1.165, 1.54) is 0 Å². The lowest BCUT2D eigenvalue weighted by molar-refractivity contribution is 0.0988. The van der Waals surface area contributed by atoms with E-state index in [9.17, 15) is 4.79 Å². The number of hydrogen-bond donors (Lipinski definition) is 1. The van der Waals surface area contributed by atoms with Gasteiger partial charge in [-0.3, -0.25) is 4.79 Å². The second kappa shape index (κ2) is 6.74. The number of amides is 1. The van der Waals surface area contributed by atoms with Gasteiger partial charge < -0.3 is 14.5 Å². The van der Waals surface area contributed by atoms with Crippen molar-refractivity contribution in [3.05, 3.63) is 71.9 Å². The zero-order valence-corrected chi connectivity index (χ0v) is 12.5. The summed E-state index contributed by atoms with van der Waals surface area (Å²) in [6, 6.07) is 16.7. The van der Waals surface area contributed by atoms with Crippen LogP contribution in [0.1, 0.15) is 22.1 Å². The monoisotopic (exact) mass is 309 g/mol. The average molecular weight is 309 g/mol. The van der Waals surface area contributed by atoms with Gasteiger partial charge in [0, 0.05) is 5.69 Å². The fraction of sp³-hybridized carbons (Fsp3) is 0.118. The Morgan fingerprint density at radius 1 is 1.09 bits per heavy atom. The van der Waals surface area contributed by atoms with Crippen molar-refractivity contribution in [3.63, 3.8) is 0 Å². The molecule has 6 heteroatoms. The highest BCUT2D eigenvalue weighted by Gasteiger charge is 2.15. The van der Waals surface area contributed by atoms with Crippen molar-refractivity contribution in [2.75, 3.05) is 12.4 Å². The fourth-order valence-electron chi connectivity index (χ4n) is 2.05. The first kappa shape index (κ1) is 14.8. The number of nitrogens with zero attached hydrogens (tertiary/aromatic N) is 2. The summed E-state index contributed by atoms with van der Waals surface area (Å²) in [6.45, 7) is 0. The number of benzene rings is 2. The first-order valence-corrected chi connectivity index (χ1v) is 7.06. The van der Waals surface area contributed by atoms with Crippen LogP contribution in [0.15, 0.2) is 59.0 Å². The van der Waals surface area contributed by atoms with Crippen molar-refractivity contribution >= 4 is 11.6 Å². The van der Waals surface area contributed by atoms with E-state index >= 15 is 0 Å². The van der Waals surface area contributed by atoms with E-state index < -0.39 is 5.91 Å². The SMILES string of the molecule is COc1ccc(NC(=O)c2nnc(Cc3ccccc3)o2)cc1. The second-order valence-corrected chi connectivity index (χ2v) is 4.85. The Bertz CT molecular complexity index is 782. The summed E-state index contributed by atoms with van der Waals surface area (Å²) < 4.78 is 10.5. The van der Waals surface area contributed by atoms with Crippen LogP contribution >= 0.6 is 0 Å². The molecule has 0 bridgehead atoms. The number of anilines is 1. The van der Waals surface area contributed by atoms with Gasteiger partial charge in [0.2, 0.25) is 5.89 Å². The molecule has 1 aromatic heterocycles. The quantitative estimate of drug-likeness (QED) is 0.784. The molecule has 0 aliphatic heterocycles. The summed E-state index contributed by atoms with van der Waals surface area (Å²) in [6.07, 6.45) is 0.490. The molecule has 0 saturated carbocycles. The van der Waals surface area contributed by atoms with Crippen LogP contribution < -0.4 is 10.1 Å². The third-order valence-electron chi connectivity index (χ3n) is 3.21. The van der Waals surface area contributed by atoms with E-state index in [-0.39, 0.29) is 5.89 Å². The van der Waals surface area contributed by atoms with Gasteiger partial charge in [0.15, 0.2) is 0 Å². The maximum Gasteiger partial charge on any atom is 0.313 e. The molecule has 3 aromatic rings. The molecular weight excluding hydrogens is 294 g/mol. The number of aromatic nitrogens is 2. The number of methoxy groups -OCH3 is 1. The van der Waals surface area contributed by atoms with Crippen LogP contribution in [-0.2, 0) is 6.42 Å². The Balaban J connectivity index is 1.66. The van der Waals surface area contributed by atoms with E-state index in [2.05, 4.69) is 15.5 Å². The van der Waals surface area contributed by atoms with E-state index in [1.54, 1.807) is 31.4 Å². The van der Waals surface area contributed by atoms with Crippen LogP contribution in [0.25, 0.3) is 0 Å². The predicted octanol–water partition coefficient (Wildman–Crippen LogP) is 2.92. The molecule has 116 valence electrons. The Morgan fingerprint density at radius 3 is 2.52 bits per heavy atom. The highest BCUT2D eigenvalue weighted by atomic mass is 16.5. The van der Waals surface area contributed by atoms with E-state index in [1.807, 2.05) is 30.3 Å². The van der Waals surface area contributed by atoms with Crippen molar-refractivity contribution < 1.29 is 13.9 Å². The van der Waals surface area contributed by atoms with Gasteiger partial charge in [-0.15, -0.1) is 10.2 Å². The molecule has 1 amide bonds. The van der Waals surface area contributed by atoms with E-state index in [4.69, 9.17) is 9.15 Å². The van der Waals surface area contributed by atoms with E-state index in [0.717, 1.165) is 5.56 Å². The van der Waals surface area contributed by atoms with Gasteiger partial charge >= 0.3 is 11.8 Å². The Labute approximate surface area is 133 Å². The molecule has 0 aliphatic carbocycles. The molecule has 2 aromatic carbocycles. The number of ether oxygens (including phenoxy) is 1. The molecule has 0 unspecified atom stereocenters. The van der Waals surface area contributed by atoms with Gasteiger partial charge in [-0.05, 0) is 29.8 Å². The third-order valence-corrected chi connectivity index (χ3v) is 3.21. The maximum absolute atomic E-state index is 12.1. The molecular formula is C17H15N3O3. The molecule has 0 spiro atoms. The van der Waals surface area contributed by atoms with Crippen molar-refractivity contribution in [3.8, 4) is 5.75 Å². The van der Waals surface area contributed by atoms with Gasteiger partial charge in [0.05, 0.1) is 13.5 Å². The first-order valence-electron chi connectivity index (χ1n) is 7.06. The molecule has 0 aliphatic rings. The number of rotatable bonds is 5. The number of carbonyl (C=O) groups is 1. The topological polar surface area (TPSA) is 77.2 Å². The van der Waals surface area contributed by atoms with Gasteiger partial charge in [-0.2, -0.15) is 0 Å². The lowest BCUT2D eigenvalue weighted by Crippen LogP contribution is -2.12. The summed E-state index contributed by atoms with van der Waals surface area (Å²) in [4.78, 5) is 12.1. The normalized spacial score (nSPS) is 10.3. The van der Waals surface area contributed by atoms with Crippen molar-refractivity contribution in [2.45, 2.75) is 6.42 Å². The highest BCUT2D eigenvalue weighted by Crippen LogP contribution is 2.16. The predicted molar refractivity (Wildman–Crippen MR) is 84.5 cm³/mol. The van der Waals surface area contributed by atoms with Crippen LogP contribution in [0.4, 0.5) is 5.69 Å². The second-order valence-electron chi connectivity index (χ2n) is 4.85. The molecule has 6 nitrogen and oxygen atoms in total. The summed E-state index contributed by atoms with van der Waals surface area (Å²) in [5.74, 6) is 0.607. The van der Waals surface area contributed by atoms with Crippen LogP contribution in [0.5, 0.6) is 5.75 Å². The van der Waals surface area contributed by atoms with Crippen molar-refractivity contribution in [1.82, 2.24) is 10.2 Å². The molecule has 1 heterocycles. The number of nitrogens with one attached hydrogen (secondary N) is 1. The summed E-state index contributed by atoms with van der Waals surface area (Å²) in [5.41, 5.74) is 1.66. The summed E-state index contributed by atoms with van der Waals surface area (Å²) >= 11 is 0. The molecule has 0 saturated heterocycles.